The van der Waals surface area contributed by atoms with Crippen molar-refractivity contribution in [3.05, 3.63) is 64.0 Å². The molecule has 24 heavy (non-hydrogen) atoms. The highest BCUT2D eigenvalue weighted by molar-refractivity contribution is 6.01. The third kappa shape index (κ3) is 2.44. The molecule has 0 atom stereocenters. The number of methoxy groups -OCH3 is 2. The molecule has 5 heteroatoms. The van der Waals surface area contributed by atoms with Crippen molar-refractivity contribution in [2.24, 2.45) is 0 Å². The van der Waals surface area contributed by atoms with Crippen LogP contribution < -0.4 is 10.2 Å². The van der Waals surface area contributed by atoms with Crippen LogP contribution in [-0.4, -0.2) is 20.2 Å². The summed E-state index contributed by atoms with van der Waals surface area (Å²) in [6.45, 7) is 1.76. The summed E-state index contributed by atoms with van der Waals surface area (Å²) in [6.07, 6.45) is 1.43. The Hall–Kier alpha value is -3.08. The number of esters is 1. The first-order valence-electron chi connectivity index (χ1n) is 7.35. The number of benzene rings is 2. The molecule has 122 valence electrons. The van der Waals surface area contributed by atoms with Crippen molar-refractivity contribution in [3.63, 3.8) is 0 Å². The lowest BCUT2D eigenvalue weighted by atomic mass is 10.0. The maximum absolute atomic E-state index is 13.0. The van der Waals surface area contributed by atoms with Crippen LogP contribution in [0.4, 0.5) is 0 Å². The summed E-state index contributed by atoms with van der Waals surface area (Å²) < 4.78 is 15.8. The molecule has 0 saturated carbocycles. The Morgan fingerprint density at radius 3 is 2.46 bits per heavy atom. The second kappa shape index (κ2) is 6.20. The summed E-state index contributed by atoms with van der Waals surface area (Å²) >= 11 is 0. The van der Waals surface area contributed by atoms with Gasteiger partial charge in [-0.15, -0.1) is 0 Å². The minimum Gasteiger partial charge on any atom is -0.495 e. The summed E-state index contributed by atoms with van der Waals surface area (Å²) in [6, 6.07) is 10.8. The van der Waals surface area contributed by atoms with Crippen LogP contribution in [0.1, 0.15) is 15.9 Å². The van der Waals surface area contributed by atoms with E-state index in [0.29, 0.717) is 16.7 Å². The highest BCUT2D eigenvalue weighted by atomic mass is 16.5. The zero-order valence-corrected chi connectivity index (χ0v) is 13.6. The standard InChI is InChI=1S/C19H16O5/c1-11-9-13(19(21)23-3)18(22-2)15-16(20)14(10-24-17(11)15)12-7-5-4-6-8-12/h4-10H,1-3H3. The number of carbonyl (C=O) groups is 1. The number of aryl methyl sites for hydroxylation is 1. The average Bonchev–Trinajstić information content (AvgIpc) is 2.62. The lowest BCUT2D eigenvalue weighted by Crippen LogP contribution is -2.11. The molecule has 0 N–H and O–H groups in total. The van der Waals surface area contributed by atoms with Crippen molar-refractivity contribution in [2.75, 3.05) is 14.2 Å². The quantitative estimate of drug-likeness (QED) is 0.689. The van der Waals surface area contributed by atoms with E-state index >= 15 is 0 Å². The van der Waals surface area contributed by atoms with Crippen molar-refractivity contribution in [1.29, 1.82) is 0 Å². The smallest absolute Gasteiger partial charge is 0.341 e. The fourth-order valence-electron chi connectivity index (χ4n) is 2.74. The Labute approximate surface area is 138 Å². The SMILES string of the molecule is COC(=O)c1cc(C)c2occ(-c3ccccc3)c(=O)c2c1OC. The molecule has 0 aliphatic carbocycles. The van der Waals surface area contributed by atoms with Gasteiger partial charge < -0.3 is 13.9 Å². The minimum absolute atomic E-state index is 0.161. The summed E-state index contributed by atoms with van der Waals surface area (Å²) in [7, 11) is 2.69. The van der Waals surface area contributed by atoms with Gasteiger partial charge in [-0.05, 0) is 24.1 Å². The summed E-state index contributed by atoms with van der Waals surface area (Å²) in [4.78, 5) is 25.1. The van der Waals surface area contributed by atoms with Crippen LogP contribution in [0.15, 0.2) is 51.9 Å². The first-order valence-corrected chi connectivity index (χ1v) is 7.35. The molecule has 0 aliphatic heterocycles. The molecule has 0 unspecified atom stereocenters. The summed E-state index contributed by atoms with van der Waals surface area (Å²) in [5.41, 5.74) is 2.13. The molecule has 2 aromatic carbocycles. The van der Waals surface area contributed by atoms with Crippen LogP contribution in [0.3, 0.4) is 0 Å². The zero-order chi connectivity index (χ0) is 17.3. The van der Waals surface area contributed by atoms with Gasteiger partial charge in [0.2, 0.25) is 5.43 Å². The van der Waals surface area contributed by atoms with Crippen LogP contribution in [0.5, 0.6) is 5.75 Å². The van der Waals surface area contributed by atoms with E-state index in [0.717, 1.165) is 5.56 Å². The number of carbonyl (C=O) groups excluding carboxylic acids is 1. The first-order chi connectivity index (χ1) is 11.6. The van der Waals surface area contributed by atoms with E-state index in [2.05, 4.69) is 0 Å². The van der Waals surface area contributed by atoms with E-state index in [-0.39, 0.29) is 22.1 Å². The predicted octanol–water partition coefficient (Wildman–Crippen LogP) is 3.56. The highest BCUT2D eigenvalue weighted by Crippen LogP contribution is 2.32. The number of hydrogen-bond acceptors (Lipinski definition) is 5. The molecule has 1 heterocycles. The van der Waals surface area contributed by atoms with Crippen molar-refractivity contribution < 1.29 is 18.7 Å². The number of hydrogen-bond donors (Lipinski definition) is 0. The van der Waals surface area contributed by atoms with Gasteiger partial charge in [0, 0.05) is 0 Å². The molecular formula is C19H16O5. The van der Waals surface area contributed by atoms with Gasteiger partial charge in [-0.1, -0.05) is 30.3 Å². The van der Waals surface area contributed by atoms with Crippen molar-refractivity contribution in [3.8, 4) is 16.9 Å². The van der Waals surface area contributed by atoms with Crippen LogP contribution in [-0.2, 0) is 4.74 Å². The molecular weight excluding hydrogens is 308 g/mol. The highest BCUT2D eigenvalue weighted by Gasteiger charge is 2.22. The van der Waals surface area contributed by atoms with E-state index in [1.54, 1.807) is 13.0 Å². The van der Waals surface area contributed by atoms with Gasteiger partial charge in [0.05, 0.1) is 19.8 Å². The van der Waals surface area contributed by atoms with E-state index in [1.165, 1.54) is 20.5 Å². The van der Waals surface area contributed by atoms with Gasteiger partial charge in [0.25, 0.3) is 0 Å². The Bertz CT molecular complexity index is 970. The Balaban J connectivity index is 2.42. The van der Waals surface area contributed by atoms with E-state index in [1.807, 2.05) is 30.3 Å². The van der Waals surface area contributed by atoms with E-state index in [4.69, 9.17) is 13.9 Å². The summed E-state index contributed by atoms with van der Waals surface area (Å²) in [5, 5.41) is 0.235. The topological polar surface area (TPSA) is 65.7 Å². The third-order valence-corrected chi connectivity index (χ3v) is 3.88. The van der Waals surface area contributed by atoms with Gasteiger partial charge in [0.1, 0.15) is 28.5 Å². The van der Waals surface area contributed by atoms with Gasteiger partial charge in [-0.3, -0.25) is 4.79 Å². The second-order valence-corrected chi connectivity index (χ2v) is 5.31. The fourth-order valence-corrected chi connectivity index (χ4v) is 2.74. The number of rotatable bonds is 3. The number of ether oxygens (including phenoxy) is 2. The zero-order valence-electron chi connectivity index (χ0n) is 13.6. The van der Waals surface area contributed by atoms with Crippen LogP contribution in [0.25, 0.3) is 22.1 Å². The molecule has 3 rings (SSSR count). The van der Waals surface area contributed by atoms with E-state index < -0.39 is 5.97 Å². The largest absolute Gasteiger partial charge is 0.495 e. The molecule has 0 spiro atoms. The van der Waals surface area contributed by atoms with Crippen LogP contribution >= 0.6 is 0 Å². The maximum Gasteiger partial charge on any atom is 0.341 e. The van der Waals surface area contributed by atoms with Crippen molar-refractivity contribution in [1.82, 2.24) is 0 Å². The number of fused-ring (bicyclic) bond motifs is 1. The van der Waals surface area contributed by atoms with Crippen LogP contribution in [0.2, 0.25) is 0 Å². The molecule has 0 bridgehead atoms. The maximum atomic E-state index is 13.0. The molecule has 0 amide bonds. The van der Waals surface area contributed by atoms with Crippen molar-refractivity contribution >= 4 is 16.9 Å². The third-order valence-electron chi connectivity index (χ3n) is 3.88. The molecule has 1 aromatic heterocycles. The average molecular weight is 324 g/mol. The van der Waals surface area contributed by atoms with Gasteiger partial charge >= 0.3 is 5.97 Å². The first kappa shape index (κ1) is 15.8. The monoisotopic (exact) mass is 324 g/mol. The Morgan fingerprint density at radius 2 is 1.83 bits per heavy atom. The van der Waals surface area contributed by atoms with Gasteiger partial charge in [0.15, 0.2) is 0 Å². The molecule has 0 saturated heterocycles. The lowest BCUT2D eigenvalue weighted by Gasteiger charge is -2.12. The Kier molecular flexibility index (Phi) is 4.08. The fraction of sp³-hybridized carbons (Fsp3) is 0.158. The normalized spacial score (nSPS) is 10.6. The molecule has 5 nitrogen and oxygen atoms in total. The van der Waals surface area contributed by atoms with Gasteiger partial charge in [-0.25, -0.2) is 4.79 Å². The lowest BCUT2D eigenvalue weighted by molar-refractivity contribution is 0.0597. The van der Waals surface area contributed by atoms with Gasteiger partial charge in [-0.2, -0.15) is 0 Å². The second-order valence-electron chi connectivity index (χ2n) is 5.31. The molecule has 3 aromatic rings. The van der Waals surface area contributed by atoms with E-state index in [9.17, 15) is 9.59 Å². The molecule has 0 fully saturated rings. The summed E-state index contributed by atoms with van der Waals surface area (Å²) in [5.74, 6) is -0.407. The molecule has 0 aliphatic rings. The Morgan fingerprint density at radius 1 is 1.12 bits per heavy atom. The van der Waals surface area contributed by atoms with Crippen molar-refractivity contribution in [2.45, 2.75) is 6.92 Å². The predicted molar refractivity (Wildman–Crippen MR) is 90.5 cm³/mol. The van der Waals surface area contributed by atoms with Crippen LogP contribution in [0, 0.1) is 6.92 Å². The molecule has 0 radical (unpaired) electrons. The minimum atomic E-state index is -0.568.